The normalized spacial score (nSPS) is 16.6. The molecule has 446 valence electrons. The minimum Gasteiger partial charge on any atom is -0.444 e. The number of anilines is 9. The molecule has 0 bridgehead atoms. The van der Waals surface area contributed by atoms with Gasteiger partial charge in [0.05, 0.1) is 34.1 Å². The number of likely N-dealkylation sites (N-methyl/N-ethyl adjacent to an activating group) is 2. The number of amides is 5. The minimum atomic E-state index is -0.608. The Hall–Kier alpha value is -8.65. The molecule has 3 aliphatic heterocycles. The molecule has 3 heterocycles. The summed E-state index contributed by atoms with van der Waals surface area (Å²) in [5, 5.41) is 14.0. The van der Waals surface area contributed by atoms with E-state index in [1.165, 1.54) is 6.42 Å². The van der Waals surface area contributed by atoms with Crippen molar-refractivity contribution in [1.29, 1.82) is 0 Å². The van der Waals surface area contributed by atoms with E-state index in [-0.39, 0.29) is 23.8 Å². The van der Waals surface area contributed by atoms with Crippen molar-refractivity contribution in [2.75, 3.05) is 114 Å². The Morgan fingerprint density at radius 2 is 0.726 bits per heavy atom. The van der Waals surface area contributed by atoms with Crippen LogP contribution in [0.25, 0.3) is 0 Å². The van der Waals surface area contributed by atoms with Gasteiger partial charge in [0.25, 0.3) is 17.7 Å². The Kier molecular flexibility index (Phi) is 21.4. The van der Waals surface area contributed by atoms with Crippen LogP contribution in [0, 0.1) is 0 Å². The van der Waals surface area contributed by atoms with Crippen molar-refractivity contribution in [3.05, 3.63) is 162 Å². The van der Waals surface area contributed by atoms with E-state index in [0.29, 0.717) is 62.9 Å². The summed E-state index contributed by atoms with van der Waals surface area (Å²) in [7, 11) is 8.46. The maximum atomic E-state index is 12.8. The fourth-order valence-electron chi connectivity index (χ4n) is 9.71. The summed E-state index contributed by atoms with van der Waals surface area (Å²) in [6.45, 7) is 16.6. The van der Waals surface area contributed by atoms with Crippen LogP contribution in [0.1, 0.15) is 91.9 Å². The van der Waals surface area contributed by atoms with Crippen molar-refractivity contribution in [2.24, 2.45) is 5.73 Å². The molecule has 19 heteroatoms. The zero-order valence-electron chi connectivity index (χ0n) is 50.2. The maximum absolute atomic E-state index is 12.8. The zero-order valence-corrected chi connectivity index (χ0v) is 50.2. The highest BCUT2D eigenvalue weighted by molar-refractivity contribution is 6.08. The van der Waals surface area contributed by atoms with Crippen molar-refractivity contribution in [3.8, 4) is 0 Å². The Balaban J connectivity index is 0.000000182. The molecule has 9 rings (SSSR count). The van der Waals surface area contributed by atoms with E-state index in [0.717, 1.165) is 69.2 Å². The van der Waals surface area contributed by atoms with Gasteiger partial charge in [-0.25, -0.2) is 9.59 Å². The first-order chi connectivity index (χ1) is 39.9. The number of nitrogens with one attached hydrogen (secondary N) is 5. The predicted octanol–water partition coefficient (Wildman–Crippen LogP) is 10.9. The highest BCUT2D eigenvalue weighted by Gasteiger charge is 2.27. The smallest absolute Gasteiger partial charge is 0.412 e. The van der Waals surface area contributed by atoms with Gasteiger partial charge in [0.2, 0.25) is 0 Å². The standard InChI is InChI=1S/C24H32N4O3.C22H28N4O3.C19H24N4O/c1-24(2,3)31-23(30)26-21-9-7-6-8-20(21)25-22(29)17-10-12-18(13-11-17)28-15-14-19(16-28)27(4)5;1-22(2,3)29-21(28)25-19-7-5-4-6-18(19)24-20(27)15-8-10-17(11-9-15)26-13-12-16(23)14-26;1-22(2)16-11-12-23(13-16)15-9-7-14(8-10-15)19(24)21-18-6-4-3-5-17(18)20/h6-13,19H,14-16H2,1-5H3,(H,25,29)(H,26,30);4-11,16H,12-14,23H2,1-3H3,(H,24,27)(H,25,28);3-10,16H,11-13,20H2,1-2H3,(H,21,24)/t19-;2*16-/m000/s1. The first kappa shape index (κ1) is 62.9. The van der Waals surface area contributed by atoms with Gasteiger partial charge in [-0.3, -0.25) is 25.0 Å². The average Bonchev–Trinajstić information content (AvgIpc) is 4.31. The summed E-state index contributed by atoms with van der Waals surface area (Å²) in [4.78, 5) is 73.4. The Morgan fingerprint density at radius 3 is 1.02 bits per heavy atom. The third-order valence-corrected chi connectivity index (χ3v) is 14.3. The van der Waals surface area contributed by atoms with Gasteiger partial charge in [-0.05, 0) is 198 Å². The average molecular weight is 1150 g/mol. The molecule has 6 aromatic rings. The number of hydrogen-bond acceptors (Lipinski definition) is 14. The van der Waals surface area contributed by atoms with E-state index < -0.39 is 23.4 Å². The van der Waals surface area contributed by atoms with Crippen LogP contribution >= 0.6 is 0 Å². The van der Waals surface area contributed by atoms with Crippen LogP contribution in [0.2, 0.25) is 0 Å². The van der Waals surface area contributed by atoms with Crippen LogP contribution in [0.5, 0.6) is 0 Å². The monoisotopic (exact) mass is 1140 g/mol. The molecule has 6 aromatic carbocycles. The number of ether oxygens (including phenoxy) is 2. The number of nitrogen functional groups attached to an aromatic ring is 1. The number of rotatable bonds is 13. The number of nitrogens with two attached hydrogens (primary N) is 2. The highest BCUT2D eigenvalue weighted by Crippen LogP contribution is 2.29. The van der Waals surface area contributed by atoms with Crippen LogP contribution in [-0.4, -0.2) is 136 Å². The fourth-order valence-corrected chi connectivity index (χ4v) is 9.71. The molecule has 0 spiro atoms. The predicted molar refractivity (Wildman–Crippen MR) is 340 cm³/mol. The summed E-state index contributed by atoms with van der Waals surface area (Å²) < 4.78 is 10.6. The minimum absolute atomic E-state index is 0.146. The third-order valence-electron chi connectivity index (χ3n) is 14.3. The molecule has 0 unspecified atom stereocenters. The molecule has 0 aliphatic carbocycles. The van der Waals surface area contributed by atoms with E-state index in [1.807, 2.05) is 72.8 Å². The Morgan fingerprint density at radius 1 is 0.429 bits per heavy atom. The second-order valence-electron chi connectivity index (χ2n) is 23.6. The van der Waals surface area contributed by atoms with E-state index in [1.54, 1.807) is 114 Å². The van der Waals surface area contributed by atoms with Gasteiger partial charge in [0, 0.05) is 91.1 Å². The van der Waals surface area contributed by atoms with Crippen molar-refractivity contribution >= 4 is 81.1 Å². The number of benzene rings is 6. The zero-order chi connectivity index (χ0) is 60.7. The van der Waals surface area contributed by atoms with Gasteiger partial charge < -0.3 is 61.4 Å². The van der Waals surface area contributed by atoms with Gasteiger partial charge in [0.1, 0.15) is 11.2 Å². The van der Waals surface area contributed by atoms with Crippen molar-refractivity contribution in [3.63, 3.8) is 0 Å². The van der Waals surface area contributed by atoms with E-state index in [2.05, 4.69) is 79.3 Å². The molecular weight excluding hydrogens is 1060 g/mol. The molecule has 5 amide bonds. The van der Waals surface area contributed by atoms with Gasteiger partial charge in [0.15, 0.2) is 0 Å². The van der Waals surface area contributed by atoms with Gasteiger partial charge in [-0.1, -0.05) is 36.4 Å². The lowest BCUT2D eigenvalue weighted by molar-refractivity contribution is 0.0624. The molecule has 0 radical (unpaired) electrons. The van der Waals surface area contributed by atoms with Crippen molar-refractivity contribution in [2.45, 2.75) is 90.1 Å². The van der Waals surface area contributed by atoms with Crippen LogP contribution in [0.3, 0.4) is 0 Å². The summed E-state index contributed by atoms with van der Waals surface area (Å²) in [5.74, 6) is -0.641. The number of carbonyl (C=O) groups is 5. The molecule has 0 aromatic heterocycles. The highest BCUT2D eigenvalue weighted by atomic mass is 16.6. The number of hydrogen-bond donors (Lipinski definition) is 7. The Bertz CT molecular complexity index is 3180. The fraction of sp³-hybridized carbons (Fsp3) is 0.369. The molecule has 9 N–H and O–H groups in total. The molecular formula is C65H84N12O7. The summed E-state index contributed by atoms with van der Waals surface area (Å²) in [5.41, 5.74) is 18.8. The lowest BCUT2D eigenvalue weighted by Gasteiger charge is -2.22. The maximum Gasteiger partial charge on any atom is 0.412 e. The first-order valence-electron chi connectivity index (χ1n) is 28.5. The van der Waals surface area contributed by atoms with Crippen LogP contribution in [-0.2, 0) is 9.47 Å². The molecule has 3 atom stereocenters. The lowest BCUT2D eigenvalue weighted by atomic mass is 10.1. The summed E-state index contributed by atoms with van der Waals surface area (Å²) >= 11 is 0. The van der Waals surface area contributed by atoms with Crippen molar-refractivity contribution in [1.82, 2.24) is 9.80 Å². The SMILES string of the molecule is CC(C)(C)OC(=O)Nc1ccccc1NC(=O)c1ccc(N2CC[C@H](N)C2)cc1.CN(C)[C@H]1CCN(c2ccc(C(=O)Nc3ccccc3N)cc2)C1.CN(C)[C@H]1CCN(c2ccc(C(=O)Nc3ccccc3NC(=O)OC(C)(C)C)cc2)C1. The lowest BCUT2D eigenvalue weighted by Crippen LogP contribution is -2.31. The first-order valence-corrected chi connectivity index (χ1v) is 28.5. The van der Waals surface area contributed by atoms with E-state index in [9.17, 15) is 24.0 Å². The van der Waals surface area contributed by atoms with Crippen molar-refractivity contribution < 1.29 is 33.4 Å². The second kappa shape index (κ2) is 28.6. The third kappa shape index (κ3) is 18.7. The molecule has 3 fully saturated rings. The number of para-hydroxylation sites is 6. The van der Waals surface area contributed by atoms with Crippen LogP contribution in [0.4, 0.5) is 60.8 Å². The van der Waals surface area contributed by atoms with Crippen LogP contribution < -0.4 is 52.8 Å². The van der Waals surface area contributed by atoms with E-state index >= 15 is 0 Å². The molecule has 19 nitrogen and oxygen atoms in total. The van der Waals surface area contributed by atoms with Gasteiger partial charge in [-0.2, -0.15) is 0 Å². The second-order valence-corrected chi connectivity index (χ2v) is 23.6. The molecule has 0 saturated carbocycles. The topological polar surface area (TPSA) is 232 Å². The Labute approximate surface area is 495 Å². The molecule has 3 saturated heterocycles. The van der Waals surface area contributed by atoms with E-state index in [4.69, 9.17) is 20.9 Å². The van der Waals surface area contributed by atoms with Gasteiger partial charge >= 0.3 is 12.2 Å². The van der Waals surface area contributed by atoms with Crippen LogP contribution in [0.15, 0.2) is 146 Å². The number of nitrogens with zero attached hydrogens (tertiary/aromatic N) is 5. The molecule has 84 heavy (non-hydrogen) atoms. The van der Waals surface area contributed by atoms with Gasteiger partial charge in [-0.15, -0.1) is 0 Å². The number of carbonyl (C=O) groups excluding carboxylic acids is 5. The summed E-state index contributed by atoms with van der Waals surface area (Å²) in [6.07, 6.45) is 2.13. The molecule has 3 aliphatic rings. The largest absolute Gasteiger partial charge is 0.444 e. The quantitative estimate of drug-likeness (QED) is 0.0534. The summed E-state index contributed by atoms with van der Waals surface area (Å²) in [6, 6.07) is 45.5.